The third-order valence-electron chi connectivity index (χ3n) is 7.88. The Balaban J connectivity index is 0.000000168. The van der Waals surface area contributed by atoms with Gasteiger partial charge in [0.15, 0.2) is 0 Å². The first-order chi connectivity index (χ1) is 19.9. The van der Waals surface area contributed by atoms with Gasteiger partial charge in [-0.3, -0.25) is 9.36 Å². The Morgan fingerprint density at radius 3 is 1.43 bits per heavy atom. The number of aryl methyl sites for hydroxylation is 6. The molecular weight excluding hydrogens is 603 g/mol. The van der Waals surface area contributed by atoms with Gasteiger partial charge in [0.05, 0.1) is 21.9 Å². The second-order valence-corrected chi connectivity index (χ2v) is 14.6. The van der Waals surface area contributed by atoms with Crippen LogP contribution in [0.15, 0.2) is 36.4 Å². The quantitative estimate of drug-likeness (QED) is 0.228. The number of aromatic nitrogens is 4. The lowest BCUT2D eigenvalue weighted by Crippen LogP contribution is -2.18. The van der Waals surface area contributed by atoms with E-state index in [9.17, 15) is 0 Å². The van der Waals surface area contributed by atoms with Crippen LogP contribution < -0.4 is 10.6 Å². The van der Waals surface area contributed by atoms with Gasteiger partial charge in [0.25, 0.3) is 0 Å². The summed E-state index contributed by atoms with van der Waals surface area (Å²) in [7, 11) is 4.01. The van der Waals surface area contributed by atoms with Gasteiger partial charge in [-0.15, -0.1) is 23.5 Å². The third-order valence-corrected chi connectivity index (χ3v) is 11.4. The fraction of sp³-hybridized carbons (Fsp3) is 0.438. The average Bonchev–Trinajstić information content (AvgIpc) is 3.17. The highest BCUT2D eigenvalue weighted by Gasteiger charge is 2.31. The number of rotatable bonds is 2. The number of hydrogen-bond acceptors (Lipinski definition) is 6. The third kappa shape index (κ3) is 6.33. The molecule has 0 saturated heterocycles. The number of benzene rings is 2. The molecule has 0 unspecified atom stereocenters. The average molecular weight is 644 g/mol. The minimum atomic E-state index is 0.309. The number of halogens is 2. The summed E-state index contributed by atoms with van der Waals surface area (Å²) < 4.78 is 3.93. The first kappa shape index (κ1) is 31.2. The van der Waals surface area contributed by atoms with E-state index in [4.69, 9.17) is 23.2 Å². The summed E-state index contributed by atoms with van der Waals surface area (Å²) in [5, 5.41) is 18.6. The van der Waals surface area contributed by atoms with Crippen molar-refractivity contribution in [2.45, 2.75) is 64.1 Å². The lowest BCUT2D eigenvalue weighted by Gasteiger charge is -2.18. The zero-order valence-corrected chi connectivity index (χ0v) is 28.7. The maximum atomic E-state index is 6.11. The maximum Gasteiger partial charge on any atom is 0.129 e. The summed E-state index contributed by atoms with van der Waals surface area (Å²) in [5.41, 5.74) is 9.94. The Morgan fingerprint density at radius 1 is 0.690 bits per heavy atom. The molecular formula is C32H40Cl2N6S2. The molecule has 2 aromatic carbocycles. The van der Waals surface area contributed by atoms with E-state index < -0.39 is 0 Å². The van der Waals surface area contributed by atoms with Crippen molar-refractivity contribution in [3.63, 3.8) is 0 Å². The van der Waals surface area contributed by atoms with E-state index in [-0.39, 0.29) is 0 Å². The van der Waals surface area contributed by atoms with Gasteiger partial charge < -0.3 is 10.6 Å². The van der Waals surface area contributed by atoms with Crippen LogP contribution in [0.2, 0.25) is 10.0 Å². The van der Waals surface area contributed by atoms with Crippen LogP contribution >= 0.6 is 46.7 Å². The first-order valence-corrected chi connectivity index (χ1v) is 17.1. The van der Waals surface area contributed by atoms with Crippen LogP contribution in [0.25, 0.3) is 0 Å². The molecule has 0 amide bonds. The van der Waals surface area contributed by atoms with Crippen molar-refractivity contribution in [1.29, 1.82) is 0 Å². The first-order valence-electron chi connectivity index (χ1n) is 14.3. The number of anilines is 2. The lowest BCUT2D eigenvalue weighted by atomic mass is 9.99. The Kier molecular flexibility index (Phi) is 9.48. The maximum absolute atomic E-state index is 6.11. The SMILES string of the molecule is Cc1cc(Cl)ccc1[C@@H]1SC[C@H](C)Nc2c1c(C)nn2C.Cc1cc(Cl)ccc1[C@H]1SC[C@@H](C)Nc2c1c(C)nn2C. The van der Waals surface area contributed by atoms with Gasteiger partial charge in [-0.25, -0.2) is 0 Å². The van der Waals surface area contributed by atoms with Crippen molar-refractivity contribution >= 4 is 58.4 Å². The van der Waals surface area contributed by atoms with E-state index in [1.54, 1.807) is 0 Å². The molecule has 224 valence electrons. The number of hydrogen-bond donors (Lipinski definition) is 2. The summed E-state index contributed by atoms with van der Waals surface area (Å²) >= 11 is 16.2. The fourth-order valence-corrected chi connectivity index (χ4v) is 9.24. The van der Waals surface area contributed by atoms with Crippen LogP contribution in [-0.2, 0) is 14.1 Å². The zero-order chi connectivity index (χ0) is 30.3. The minimum absolute atomic E-state index is 0.309. The predicted octanol–water partition coefficient (Wildman–Crippen LogP) is 8.65. The van der Waals surface area contributed by atoms with Crippen LogP contribution in [-0.4, -0.2) is 43.2 Å². The van der Waals surface area contributed by atoms with Crippen LogP contribution in [0.4, 0.5) is 11.6 Å². The molecule has 0 bridgehead atoms. The van der Waals surface area contributed by atoms with E-state index in [0.717, 1.165) is 44.6 Å². The summed E-state index contributed by atoms with van der Waals surface area (Å²) in [6.45, 7) is 12.9. The molecule has 0 radical (unpaired) electrons. The molecule has 0 fully saturated rings. The normalized spacial score (nSPS) is 21.6. The van der Waals surface area contributed by atoms with Gasteiger partial charge in [0.2, 0.25) is 0 Å². The van der Waals surface area contributed by atoms with Crippen LogP contribution in [0.1, 0.15) is 69.1 Å². The van der Waals surface area contributed by atoms with Gasteiger partial charge in [-0.2, -0.15) is 10.2 Å². The zero-order valence-electron chi connectivity index (χ0n) is 25.5. The van der Waals surface area contributed by atoms with E-state index in [1.807, 2.05) is 71.2 Å². The van der Waals surface area contributed by atoms with E-state index >= 15 is 0 Å². The van der Waals surface area contributed by atoms with Gasteiger partial charge in [-0.05, 0) is 88.1 Å². The van der Waals surface area contributed by atoms with Crippen molar-refractivity contribution in [3.05, 3.63) is 91.2 Å². The predicted molar refractivity (Wildman–Crippen MR) is 183 cm³/mol. The highest BCUT2D eigenvalue weighted by atomic mass is 35.5. The van der Waals surface area contributed by atoms with E-state index in [2.05, 4.69) is 74.5 Å². The largest absolute Gasteiger partial charge is 0.367 e. The Morgan fingerprint density at radius 2 is 1.07 bits per heavy atom. The standard InChI is InChI=1S/2C16H20ClN3S/c2*1-9-7-12(17)5-6-13(9)15-14-11(3)19-20(4)16(14)18-10(2)8-21-15/h2*5-7,10,15,18H,8H2,1-4H3/t2*10-,15-/m10/s1. The highest BCUT2D eigenvalue weighted by molar-refractivity contribution is 8.00. The smallest absolute Gasteiger partial charge is 0.129 e. The van der Waals surface area contributed by atoms with Crippen molar-refractivity contribution in [2.24, 2.45) is 14.1 Å². The van der Waals surface area contributed by atoms with Gasteiger partial charge in [0.1, 0.15) is 11.6 Å². The molecule has 0 aliphatic carbocycles. The number of nitrogens with one attached hydrogen (secondary N) is 2. The van der Waals surface area contributed by atoms with Crippen molar-refractivity contribution in [2.75, 3.05) is 22.1 Å². The summed E-state index contributed by atoms with van der Waals surface area (Å²) in [5.74, 6) is 4.43. The molecule has 2 aliphatic rings. The summed E-state index contributed by atoms with van der Waals surface area (Å²) in [6, 6.07) is 13.2. The molecule has 42 heavy (non-hydrogen) atoms. The van der Waals surface area contributed by atoms with Crippen molar-refractivity contribution in [3.8, 4) is 0 Å². The van der Waals surface area contributed by atoms with Gasteiger partial charge >= 0.3 is 0 Å². The fourth-order valence-electron chi connectivity index (χ4n) is 5.87. The van der Waals surface area contributed by atoms with Crippen molar-refractivity contribution in [1.82, 2.24) is 19.6 Å². The summed E-state index contributed by atoms with van der Waals surface area (Å²) in [6.07, 6.45) is 0. The molecule has 10 heteroatoms. The number of fused-ring (bicyclic) bond motifs is 2. The molecule has 2 N–H and O–H groups in total. The van der Waals surface area contributed by atoms with Crippen molar-refractivity contribution < 1.29 is 0 Å². The Bertz CT molecular complexity index is 1480. The van der Waals surface area contributed by atoms with Crippen LogP contribution in [0.5, 0.6) is 0 Å². The van der Waals surface area contributed by atoms with Gasteiger partial charge in [0, 0.05) is 58.9 Å². The highest BCUT2D eigenvalue weighted by Crippen LogP contribution is 2.46. The molecule has 6 rings (SSSR count). The van der Waals surface area contributed by atoms with Crippen LogP contribution in [0.3, 0.4) is 0 Å². The van der Waals surface area contributed by atoms with Crippen LogP contribution in [0, 0.1) is 27.7 Å². The lowest BCUT2D eigenvalue weighted by molar-refractivity contribution is 0.747. The number of thioether (sulfide) groups is 2. The Labute approximate surface area is 268 Å². The second-order valence-electron chi connectivity index (χ2n) is 11.5. The molecule has 6 nitrogen and oxygen atoms in total. The molecule has 2 aliphatic heterocycles. The molecule has 2 aromatic heterocycles. The monoisotopic (exact) mass is 642 g/mol. The molecule has 4 heterocycles. The topological polar surface area (TPSA) is 59.7 Å². The van der Waals surface area contributed by atoms with Gasteiger partial charge in [-0.1, -0.05) is 35.3 Å². The minimum Gasteiger partial charge on any atom is -0.367 e. The summed E-state index contributed by atoms with van der Waals surface area (Å²) in [4.78, 5) is 0. The second kappa shape index (κ2) is 12.8. The molecule has 4 atom stereocenters. The van der Waals surface area contributed by atoms with E-state index in [0.29, 0.717) is 22.6 Å². The molecule has 0 saturated carbocycles. The number of nitrogens with zero attached hydrogens (tertiary/aromatic N) is 4. The Hall–Kier alpha value is -2.26. The molecule has 4 aromatic rings. The van der Waals surface area contributed by atoms with E-state index in [1.165, 1.54) is 33.4 Å². The molecule has 0 spiro atoms.